The summed E-state index contributed by atoms with van der Waals surface area (Å²) < 4.78 is 24.7. The van der Waals surface area contributed by atoms with Crippen molar-refractivity contribution in [2.45, 2.75) is 19.5 Å². The van der Waals surface area contributed by atoms with Crippen molar-refractivity contribution in [3.05, 3.63) is 119 Å². The van der Waals surface area contributed by atoms with E-state index in [2.05, 4.69) is 5.32 Å². The lowest BCUT2D eigenvalue weighted by atomic mass is 10.0. The highest BCUT2D eigenvalue weighted by Crippen LogP contribution is 2.33. The molecule has 9 nitrogen and oxygen atoms in total. The summed E-state index contributed by atoms with van der Waals surface area (Å²) in [5.74, 6) is -2.43. The third kappa shape index (κ3) is 6.14. The van der Waals surface area contributed by atoms with Gasteiger partial charge in [-0.15, -0.1) is 0 Å². The molecule has 1 N–H and O–H groups in total. The van der Waals surface area contributed by atoms with E-state index in [0.29, 0.717) is 28.4 Å². The third-order valence-corrected chi connectivity index (χ3v) is 7.38. The largest absolute Gasteiger partial charge is 0.497 e. The summed E-state index contributed by atoms with van der Waals surface area (Å²) in [5.41, 5.74) is 2.90. The quantitative estimate of drug-likeness (QED) is 0.256. The van der Waals surface area contributed by atoms with Crippen LogP contribution in [0.4, 0.5) is 15.8 Å². The number of hydrogen-bond acceptors (Lipinski definition) is 6. The van der Waals surface area contributed by atoms with E-state index in [0.717, 1.165) is 16.0 Å². The molecule has 0 spiro atoms. The number of amides is 3. The van der Waals surface area contributed by atoms with Crippen LogP contribution < -0.4 is 19.7 Å². The lowest BCUT2D eigenvalue weighted by Crippen LogP contribution is -2.46. The lowest BCUT2D eigenvalue weighted by Gasteiger charge is -2.33. The Kier molecular flexibility index (Phi) is 8.71. The number of para-hydroxylation sites is 1. The first kappa shape index (κ1) is 30.0. The molecule has 0 aromatic heterocycles. The number of carbonyl (C=O) groups excluding carboxylic acids is 4. The van der Waals surface area contributed by atoms with Crippen LogP contribution in [0.3, 0.4) is 0 Å². The molecule has 0 aliphatic carbocycles. The molecule has 5 rings (SSSR count). The number of ketones is 1. The van der Waals surface area contributed by atoms with E-state index in [1.54, 1.807) is 36.4 Å². The molecule has 1 unspecified atom stereocenters. The minimum absolute atomic E-state index is 0.0219. The number of nitrogens with one attached hydrogen (secondary N) is 1. The summed E-state index contributed by atoms with van der Waals surface area (Å²) in [6.45, 7) is 1.41. The van der Waals surface area contributed by atoms with Gasteiger partial charge < -0.3 is 19.7 Å². The lowest BCUT2D eigenvalue weighted by molar-refractivity contribution is -0.139. The summed E-state index contributed by atoms with van der Waals surface area (Å²) in [6.07, 6.45) is 0. The normalized spacial score (nSPS) is 12.9. The SMILES string of the molecule is COc1ccc(NC(=O)C(c2ccc(F)cc2)N(Cc2ccc(C)cc2)C(=O)CN2C(=O)C(=O)c3ccccc32)c(OC)c1. The molecule has 0 radical (unpaired) electrons. The molecule has 3 amide bonds. The summed E-state index contributed by atoms with van der Waals surface area (Å²) in [6, 6.07) is 22.7. The number of nitrogens with zero attached hydrogens (tertiary/aromatic N) is 2. The van der Waals surface area contributed by atoms with Gasteiger partial charge in [0.2, 0.25) is 5.91 Å². The highest BCUT2D eigenvalue weighted by Gasteiger charge is 2.39. The van der Waals surface area contributed by atoms with Crippen molar-refractivity contribution in [1.82, 2.24) is 4.90 Å². The smallest absolute Gasteiger partial charge is 0.299 e. The molecule has 0 bridgehead atoms. The number of anilines is 2. The van der Waals surface area contributed by atoms with Gasteiger partial charge in [0.05, 0.1) is 31.2 Å². The highest BCUT2D eigenvalue weighted by molar-refractivity contribution is 6.52. The maximum Gasteiger partial charge on any atom is 0.299 e. The van der Waals surface area contributed by atoms with E-state index >= 15 is 0 Å². The van der Waals surface area contributed by atoms with Crippen molar-refractivity contribution in [3.63, 3.8) is 0 Å². The summed E-state index contributed by atoms with van der Waals surface area (Å²) in [5, 5.41) is 2.84. The topological polar surface area (TPSA) is 105 Å². The number of fused-ring (bicyclic) bond motifs is 1. The van der Waals surface area contributed by atoms with Crippen molar-refractivity contribution in [1.29, 1.82) is 0 Å². The Labute approximate surface area is 253 Å². The number of ether oxygens (including phenoxy) is 2. The number of hydrogen-bond donors (Lipinski definition) is 1. The molecule has 10 heteroatoms. The maximum atomic E-state index is 14.2. The second kappa shape index (κ2) is 12.8. The van der Waals surface area contributed by atoms with E-state index in [1.807, 2.05) is 31.2 Å². The fourth-order valence-electron chi connectivity index (χ4n) is 5.07. The molecule has 224 valence electrons. The first-order valence-electron chi connectivity index (χ1n) is 13.8. The third-order valence-electron chi connectivity index (χ3n) is 7.38. The molecular formula is C34H30FN3O6. The van der Waals surface area contributed by atoms with Gasteiger partial charge in [-0.2, -0.15) is 0 Å². The van der Waals surface area contributed by atoms with Gasteiger partial charge in [0, 0.05) is 12.6 Å². The first-order valence-corrected chi connectivity index (χ1v) is 13.8. The van der Waals surface area contributed by atoms with Gasteiger partial charge in [0.1, 0.15) is 29.9 Å². The van der Waals surface area contributed by atoms with Crippen LogP contribution in [0.5, 0.6) is 11.5 Å². The minimum atomic E-state index is -1.26. The Bertz CT molecular complexity index is 1720. The van der Waals surface area contributed by atoms with Gasteiger partial charge >= 0.3 is 0 Å². The molecular weight excluding hydrogens is 565 g/mol. The fraction of sp³-hybridized carbons (Fsp3) is 0.176. The van der Waals surface area contributed by atoms with Crippen molar-refractivity contribution in [2.24, 2.45) is 0 Å². The zero-order valence-corrected chi connectivity index (χ0v) is 24.4. The summed E-state index contributed by atoms with van der Waals surface area (Å²) in [4.78, 5) is 56.4. The van der Waals surface area contributed by atoms with Crippen LogP contribution in [0.2, 0.25) is 0 Å². The predicted molar refractivity (Wildman–Crippen MR) is 162 cm³/mol. The van der Waals surface area contributed by atoms with E-state index in [4.69, 9.17) is 9.47 Å². The van der Waals surface area contributed by atoms with Crippen molar-refractivity contribution >= 4 is 34.9 Å². The van der Waals surface area contributed by atoms with Gasteiger partial charge in [-0.25, -0.2) is 4.39 Å². The highest BCUT2D eigenvalue weighted by atomic mass is 19.1. The van der Waals surface area contributed by atoms with Crippen molar-refractivity contribution in [2.75, 3.05) is 31.0 Å². The monoisotopic (exact) mass is 595 g/mol. The first-order chi connectivity index (χ1) is 21.2. The van der Waals surface area contributed by atoms with E-state index < -0.39 is 41.9 Å². The number of aryl methyl sites for hydroxylation is 1. The molecule has 44 heavy (non-hydrogen) atoms. The molecule has 4 aromatic rings. The van der Waals surface area contributed by atoms with Gasteiger partial charge in [-0.3, -0.25) is 24.1 Å². The average Bonchev–Trinajstić information content (AvgIpc) is 3.27. The molecule has 4 aromatic carbocycles. The van der Waals surface area contributed by atoms with Gasteiger partial charge in [-0.1, -0.05) is 54.1 Å². The van der Waals surface area contributed by atoms with Crippen LogP contribution in [-0.4, -0.2) is 49.2 Å². The predicted octanol–water partition coefficient (Wildman–Crippen LogP) is 5.09. The minimum Gasteiger partial charge on any atom is -0.497 e. The standard InChI is InChI=1S/C34H30FN3O6/c1-21-8-10-22(11-9-21)19-38(30(39)20-37-28-7-5-4-6-26(28)32(40)34(37)42)31(23-12-14-24(35)15-13-23)33(41)36-27-17-16-25(43-2)18-29(27)44-3/h4-18,31H,19-20H2,1-3H3,(H,36,41). The second-order valence-corrected chi connectivity index (χ2v) is 10.3. The number of benzene rings is 4. The molecule has 1 atom stereocenters. The fourth-order valence-corrected chi connectivity index (χ4v) is 5.07. The molecule has 0 fully saturated rings. The Morgan fingerprint density at radius 2 is 1.61 bits per heavy atom. The molecule has 1 aliphatic rings. The Balaban J connectivity index is 1.56. The van der Waals surface area contributed by atoms with Crippen LogP contribution in [0, 0.1) is 12.7 Å². The van der Waals surface area contributed by atoms with Crippen LogP contribution in [0.25, 0.3) is 0 Å². The number of Topliss-reactive ketones (excluding diaryl/α,β-unsaturated/α-hetero) is 1. The molecule has 1 heterocycles. The van der Waals surface area contributed by atoms with Crippen LogP contribution in [-0.2, 0) is 20.9 Å². The zero-order chi connectivity index (χ0) is 31.4. The second-order valence-electron chi connectivity index (χ2n) is 10.3. The van der Waals surface area contributed by atoms with Crippen LogP contribution in [0.1, 0.15) is 33.1 Å². The number of carbonyl (C=O) groups is 4. The zero-order valence-electron chi connectivity index (χ0n) is 24.4. The Morgan fingerprint density at radius 3 is 2.30 bits per heavy atom. The van der Waals surface area contributed by atoms with Crippen LogP contribution in [0.15, 0.2) is 91.0 Å². The summed E-state index contributed by atoms with van der Waals surface area (Å²) >= 11 is 0. The van der Waals surface area contributed by atoms with Gasteiger partial charge in [0.15, 0.2) is 0 Å². The number of rotatable bonds is 10. The molecule has 1 aliphatic heterocycles. The van der Waals surface area contributed by atoms with Crippen molar-refractivity contribution < 1.29 is 33.0 Å². The van der Waals surface area contributed by atoms with E-state index in [9.17, 15) is 23.6 Å². The Morgan fingerprint density at radius 1 is 0.909 bits per heavy atom. The average molecular weight is 596 g/mol. The Hall–Kier alpha value is -5.51. The molecule has 0 saturated heterocycles. The molecule has 0 saturated carbocycles. The van der Waals surface area contributed by atoms with Gasteiger partial charge in [0.25, 0.3) is 17.6 Å². The van der Waals surface area contributed by atoms with Crippen LogP contribution >= 0.6 is 0 Å². The number of halogens is 1. The number of methoxy groups -OCH3 is 2. The van der Waals surface area contributed by atoms with E-state index in [-0.39, 0.29) is 12.1 Å². The van der Waals surface area contributed by atoms with E-state index in [1.165, 1.54) is 49.5 Å². The van der Waals surface area contributed by atoms with Crippen molar-refractivity contribution in [3.8, 4) is 11.5 Å². The van der Waals surface area contributed by atoms with Gasteiger partial charge in [-0.05, 0) is 54.4 Å². The summed E-state index contributed by atoms with van der Waals surface area (Å²) in [7, 11) is 2.95. The maximum absolute atomic E-state index is 14.2.